The van der Waals surface area contributed by atoms with E-state index in [1.807, 2.05) is 12.1 Å². The standard InChI is InChI=1S/C61H63N2O5/c1-40(2)58(64)66-36-34-62-52-30-24-42(5)38-50(52)60(7,8)54(62)32-28-46-26-27-47(29-33-55-61(9,10)51-39-43(6)25-31-53(51)63(55)35-37-67-59(65)41(3)4)56(46)68-57-48(44-18-13-11-14-19-44)22-17-23-49(57)45-20-15-12-16-21-45/h11-25,28-33,38-39H,1,3,26-27,34-37H2,2,4-10H3/q+1. The number of para-hydroxylation sites is 1. The van der Waals surface area contributed by atoms with E-state index >= 15 is 0 Å². The lowest BCUT2D eigenvalue weighted by molar-refractivity contribution is -0.440. The van der Waals surface area contributed by atoms with Gasteiger partial charge in [-0.25, -0.2) is 9.59 Å². The molecule has 0 aromatic heterocycles. The van der Waals surface area contributed by atoms with Crippen LogP contribution in [0.2, 0.25) is 0 Å². The summed E-state index contributed by atoms with van der Waals surface area (Å²) in [5.74, 6) is 0.819. The molecule has 0 spiro atoms. The van der Waals surface area contributed by atoms with Crippen molar-refractivity contribution in [2.24, 2.45) is 0 Å². The quantitative estimate of drug-likeness (QED) is 0.0592. The maximum atomic E-state index is 12.5. The highest BCUT2D eigenvalue weighted by molar-refractivity contribution is 6.03. The molecule has 0 radical (unpaired) electrons. The zero-order chi connectivity index (χ0) is 48.3. The molecule has 2 heterocycles. The van der Waals surface area contributed by atoms with E-state index in [9.17, 15) is 9.59 Å². The Labute approximate surface area is 402 Å². The van der Waals surface area contributed by atoms with Gasteiger partial charge in [-0.15, -0.1) is 0 Å². The first-order valence-electron chi connectivity index (χ1n) is 23.6. The van der Waals surface area contributed by atoms with Crippen molar-refractivity contribution in [3.8, 4) is 28.0 Å². The van der Waals surface area contributed by atoms with Crippen molar-refractivity contribution < 1.29 is 28.4 Å². The van der Waals surface area contributed by atoms with Crippen LogP contribution in [0.15, 0.2) is 186 Å². The van der Waals surface area contributed by atoms with Crippen LogP contribution in [0.25, 0.3) is 22.3 Å². The van der Waals surface area contributed by atoms with E-state index in [-0.39, 0.29) is 24.0 Å². The molecule has 0 N–H and O–H groups in total. The van der Waals surface area contributed by atoms with Crippen molar-refractivity contribution in [3.63, 3.8) is 0 Å². The summed E-state index contributed by atoms with van der Waals surface area (Å²) < 4.78 is 21.1. The van der Waals surface area contributed by atoms with E-state index < -0.39 is 11.9 Å². The lowest BCUT2D eigenvalue weighted by Gasteiger charge is -2.27. The van der Waals surface area contributed by atoms with E-state index in [2.05, 4.69) is 192 Å². The van der Waals surface area contributed by atoms with Crippen molar-refractivity contribution in [1.29, 1.82) is 0 Å². The topological polar surface area (TPSA) is 68.1 Å². The number of hydrogen-bond acceptors (Lipinski definition) is 6. The van der Waals surface area contributed by atoms with Gasteiger partial charge in [-0.1, -0.05) is 141 Å². The third-order valence-electron chi connectivity index (χ3n) is 13.4. The maximum absolute atomic E-state index is 12.5. The van der Waals surface area contributed by atoms with Crippen LogP contribution in [0.3, 0.4) is 0 Å². The van der Waals surface area contributed by atoms with Crippen LogP contribution >= 0.6 is 0 Å². The number of hydrogen-bond donors (Lipinski definition) is 0. The molecule has 7 nitrogen and oxygen atoms in total. The largest absolute Gasteiger partial charge is 0.460 e. The molecule has 7 heteroatoms. The van der Waals surface area contributed by atoms with Gasteiger partial charge in [-0.2, -0.15) is 4.58 Å². The molecule has 68 heavy (non-hydrogen) atoms. The minimum Gasteiger partial charge on any atom is -0.460 e. The molecule has 3 aliphatic rings. The molecule has 5 aromatic carbocycles. The lowest BCUT2D eigenvalue weighted by Crippen LogP contribution is -2.29. The van der Waals surface area contributed by atoms with E-state index in [0.29, 0.717) is 24.2 Å². The second-order valence-electron chi connectivity index (χ2n) is 19.3. The molecule has 0 atom stereocenters. The van der Waals surface area contributed by atoms with Crippen molar-refractivity contribution >= 4 is 29.0 Å². The van der Waals surface area contributed by atoms with Crippen LogP contribution in [0.4, 0.5) is 11.4 Å². The molecule has 2 aliphatic heterocycles. The zero-order valence-electron chi connectivity index (χ0n) is 40.9. The van der Waals surface area contributed by atoms with Gasteiger partial charge in [0.1, 0.15) is 18.1 Å². The number of ether oxygens (including phenoxy) is 3. The second-order valence-corrected chi connectivity index (χ2v) is 19.3. The number of esters is 2. The first-order chi connectivity index (χ1) is 32.6. The smallest absolute Gasteiger partial charge is 0.333 e. The monoisotopic (exact) mass is 903 g/mol. The van der Waals surface area contributed by atoms with Crippen LogP contribution in [-0.4, -0.2) is 48.5 Å². The highest BCUT2D eigenvalue weighted by Gasteiger charge is 2.45. The number of fused-ring (bicyclic) bond motifs is 2. The fourth-order valence-electron chi connectivity index (χ4n) is 9.72. The number of rotatable bonds is 15. The minimum absolute atomic E-state index is 0.219. The van der Waals surface area contributed by atoms with E-state index in [1.165, 1.54) is 22.3 Å². The van der Waals surface area contributed by atoms with Gasteiger partial charge >= 0.3 is 11.9 Å². The van der Waals surface area contributed by atoms with E-state index in [4.69, 9.17) is 14.2 Å². The third kappa shape index (κ3) is 9.48. The number of nitrogens with zero attached hydrogens (tertiary/aromatic N) is 2. The first-order valence-corrected chi connectivity index (χ1v) is 23.6. The summed E-state index contributed by atoms with van der Waals surface area (Å²) in [5.41, 5.74) is 15.6. The van der Waals surface area contributed by atoms with Crippen molar-refractivity contribution in [1.82, 2.24) is 0 Å². The highest BCUT2D eigenvalue weighted by Crippen LogP contribution is 2.49. The normalized spacial score (nSPS) is 17.0. The lowest BCUT2D eigenvalue weighted by atomic mass is 9.80. The number of benzene rings is 5. The van der Waals surface area contributed by atoms with Gasteiger partial charge in [0.15, 0.2) is 18.9 Å². The van der Waals surface area contributed by atoms with Crippen molar-refractivity contribution in [3.05, 3.63) is 209 Å². The van der Waals surface area contributed by atoms with Crippen LogP contribution in [-0.2, 0) is 29.9 Å². The van der Waals surface area contributed by atoms with Crippen LogP contribution < -0.4 is 9.64 Å². The number of carbonyl (C=O) groups excluding carboxylic acids is 2. The predicted molar refractivity (Wildman–Crippen MR) is 277 cm³/mol. The van der Waals surface area contributed by atoms with Crippen LogP contribution in [0.1, 0.15) is 76.6 Å². The molecule has 0 unspecified atom stereocenters. The Hall–Kier alpha value is -7.25. The summed E-state index contributed by atoms with van der Waals surface area (Å²) in [4.78, 5) is 27.3. The van der Waals surface area contributed by atoms with Crippen LogP contribution in [0.5, 0.6) is 5.75 Å². The Balaban J connectivity index is 1.28. The van der Waals surface area contributed by atoms with Crippen molar-refractivity contribution in [2.75, 3.05) is 31.2 Å². The van der Waals surface area contributed by atoms with Gasteiger partial charge in [0.2, 0.25) is 5.69 Å². The zero-order valence-corrected chi connectivity index (χ0v) is 40.9. The Morgan fingerprint density at radius 2 is 1.26 bits per heavy atom. The Morgan fingerprint density at radius 1 is 0.676 bits per heavy atom. The number of carbonyl (C=O) groups is 2. The summed E-state index contributed by atoms with van der Waals surface area (Å²) in [6.45, 7) is 25.6. The number of allylic oxidation sites excluding steroid dienone is 7. The molecule has 0 fully saturated rings. The summed E-state index contributed by atoms with van der Waals surface area (Å²) in [6, 6.07) is 40.4. The number of anilines is 1. The summed E-state index contributed by atoms with van der Waals surface area (Å²) in [7, 11) is 0. The van der Waals surface area contributed by atoms with Crippen LogP contribution in [0, 0.1) is 13.8 Å². The van der Waals surface area contributed by atoms with E-state index in [1.54, 1.807) is 13.8 Å². The Kier molecular flexibility index (Phi) is 13.6. The molecule has 5 aromatic rings. The molecule has 0 bridgehead atoms. The fraction of sp³-hybridized carbons (Fsp3) is 0.262. The molecular weight excluding hydrogens is 841 g/mol. The average molecular weight is 904 g/mol. The second kappa shape index (κ2) is 19.5. The molecule has 1 aliphatic carbocycles. The first kappa shape index (κ1) is 47.3. The SMILES string of the molecule is C=C(C)C(=O)OCCN1C(=CC=C2CCC(C=CC3=[N+](CCOC(=O)C(=C)C)c4ccc(C)cc4C3(C)C)=C2Oc2c(-c3ccccc3)cccc2-c2ccccc2)C(C)(C)c2cc(C)ccc21. The van der Waals surface area contributed by atoms with E-state index in [0.717, 1.165) is 80.5 Å². The Bertz CT molecular complexity index is 2920. The van der Waals surface area contributed by atoms with Gasteiger partial charge in [0, 0.05) is 56.8 Å². The fourth-order valence-corrected chi connectivity index (χ4v) is 9.72. The molecule has 346 valence electrons. The molecule has 0 amide bonds. The minimum atomic E-state index is -0.392. The van der Waals surface area contributed by atoms with Gasteiger partial charge in [-0.05, 0) is 107 Å². The van der Waals surface area contributed by atoms with Gasteiger partial charge in [0.05, 0.1) is 12.0 Å². The summed E-state index contributed by atoms with van der Waals surface area (Å²) >= 11 is 0. The average Bonchev–Trinajstić information content (AvgIpc) is 3.87. The van der Waals surface area contributed by atoms with Gasteiger partial charge in [-0.3, -0.25) is 0 Å². The van der Waals surface area contributed by atoms with Gasteiger partial charge in [0.25, 0.3) is 0 Å². The predicted octanol–water partition coefficient (Wildman–Crippen LogP) is 13.5. The maximum Gasteiger partial charge on any atom is 0.333 e. The third-order valence-corrected chi connectivity index (χ3v) is 13.4. The molecule has 8 rings (SSSR count). The summed E-state index contributed by atoms with van der Waals surface area (Å²) in [6.07, 6.45) is 10.5. The molecule has 0 saturated heterocycles. The number of aryl methyl sites for hydroxylation is 2. The van der Waals surface area contributed by atoms with Crippen molar-refractivity contribution in [2.45, 2.75) is 79.1 Å². The molecule has 0 saturated carbocycles. The summed E-state index contributed by atoms with van der Waals surface area (Å²) in [5, 5.41) is 0. The highest BCUT2D eigenvalue weighted by atomic mass is 16.5. The Morgan fingerprint density at radius 3 is 1.88 bits per heavy atom. The van der Waals surface area contributed by atoms with Gasteiger partial charge < -0.3 is 19.1 Å². The molecular formula is C61H63N2O5+.